The molecular weight excluding hydrogens is 275 g/mol. The maximum atomic E-state index is 13.5. The van der Waals surface area contributed by atoms with E-state index in [2.05, 4.69) is 5.32 Å². The first-order valence-corrected chi connectivity index (χ1v) is 6.85. The van der Waals surface area contributed by atoms with Crippen LogP contribution in [0.25, 0.3) is 0 Å². The van der Waals surface area contributed by atoms with E-state index in [1.807, 2.05) is 6.07 Å². The van der Waals surface area contributed by atoms with Gasteiger partial charge in [0, 0.05) is 4.90 Å². The van der Waals surface area contributed by atoms with Gasteiger partial charge in [0.05, 0.1) is 23.1 Å². The van der Waals surface area contributed by atoms with Crippen LogP contribution in [0.2, 0.25) is 0 Å². The molecule has 0 atom stereocenters. The maximum Gasteiger partial charge on any atom is 0.256 e. The monoisotopic (exact) mass is 286 g/mol. The molecule has 0 aromatic heterocycles. The average molecular weight is 286 g/mol. The van der Waals surface area contributed by atoms with Crippen molar-refractivity contribution in [1.82, 2.24) is 0 Å². The molecule has 1 N–H and O–H groups in total. The number of halogens is 1. The second-order valence-corrected chi connectivity index (χ2v) is 4.89. The number of nitriles is 1. The molecule has 20 heavy (non-hydrogen) atoms. The molecule has 0 bridgehead atoms. The maximum absolute atomic E-state index is 13.5. The van der Waals surface area contributed by atoms with Gasteiger partial charge in [-0.15, -0.1) is 11.8 Å². The number of hydrogen-bond donors (Lipinski definition) is 1. The van der Waals surface area contributed by atoms with Gasteiger partial charge in [-0.1, -0.05) is 24.3 Å². The molecule has 0 aliphatic rings. The fraction of sp³-hybridized carbons (Fsp3) is 0.0667. The Bertz CT molecular complexity index is 667. The Labute approximate surface area is 120 Å². The number of nitrogens with one attached hydrogen (secondary N) is 1. The van der Waals surface area contributed by atoms with Crippen LogP contribution in [-0.4, -0.2) is 11.7 Å². The Morgan fingerprint density at radius 2 is 1.90 bits per heavy atom. The topological polar surface area (TPSA) is 52.9 Å². The molecule has 0 saturated heterocycles. The minimum absolute atomic E-state index is 0.137. The first-order chi connectivity index (χ1) is 9.72. The van der Waals surface area contributed by atoms with E-state index in [0.29, 0.717) is 10.5 Å². The van der Waals surface area contributed by atoms with Crippen molar-refractivity contribution in [2.45, 2.75) is 4.90 Å². The van der Waals surface area contributed by atoms with Crippen molar-refractivity contribution < 1.29 is 9.18 Å². The third kappa shape index (κ3) is 3.37. The van der Waals surface area contributed by atoms with Gasteiger partial charge in [0.1, 0.15) is 5.82 Å². The largest absolute Gasteiger partial charge is 0.319 e. The fourth-order valence-corrected chi connectivity index (χ4v) is 2.35. The van der Waals surface area contributed by atoms with E-state index < -0.39 is 11.7 Å². The summed E-state index contributed by atoms with van der Waals surface area (Å²) in [5.41, 5.74) is 0.564. The first kappa shape index (κ1) is 14.1. The lowest BCUT2D eigenvalue weighted by molar-refractivity contribution is 0.102. The standard InChI is InChI=1S/C15H11FN2OS/c16-12-6-2-3-7-13(12)18-15(19)11-5-1-4-8-14(11)20-10-9-17/h1-8H,10H2,(H,18,19). The molecule has 0 saturated carbocycles. The van der Waals surface area contributed by atoms with E-state index in [9.17, 15) is 9.18 Å². The van der Waals surface area contributed by atoms with E-state index in [4.69, 9.17) is 5.26 Å². The van der Waals surface area contributed by atoms with Crippen LogP contribution < -0.4 is 5.32 Å². The molecular formula is C15H11FN2OS. The molecule has 0 unspecified atom stereocenters. The lowest BCUT2D eigenvalue weighted by Gasteiger charge is -2.09. The molecule has 2 aromatic rings. The van der Waals surface area contributed by atoms with Crippen molar-refractivity contribution in [1.29, 1.82) is 5.26 Å². The summed E-state index contributed by atoms with van der Waals surface area (Å²) in [5.74, 6) is -0.622. The molecule has 2 rings (SSSR count). The van der Waals surface area contributed by atoms with Crippen molar-refractivity contribution in [3.63, 3.8) is 0 Å². The highest BCUT2D eigenvalue weighted by Crippen LogP contribution is 2.23. The summed E-state index contributed by atoms with van der Waals surface area (Å²) in [7, 11) is 0. The molecule has 100 valence electrons. The van der Waals surface area contributed by atoms with Crippen LogP contribution in [0.4, 0.5) is 10.1 Å². The van der Waals surface area contributed by atoms with Crippen molar-refractivity contribution in [3.8, 4) is 6.07 Å². The summed E-state index contributed by atoms with van der Waals surface area (Å²) in [6, 6.07) is 14.9. The Morgan fingerprint density at radius 3 is 2.65 bits per heavy atom. The Morgan fingerprint density at radius 1 is 1.20 bits per heavy atom. The Kier molecular flexibility index (Phi) is 4.75. The van der Waals surface area contributed by atoms with E-state index in [0.717, 1.165) is 0 Å². The highest BCUT2D eigenvalue weighted by atomic mass is 32.2. The lowest BCUT2D eigenvalue weighted by Crippen LogP contribution is -2.14. The number of amides is 1. The smallest absolute Gasteiger partial charge is 0.256 e. The normalized spacial score (nSPS) is 9.80. The number of para-hydroxylation sites is 1. The van der Waals surface area contributed by atoms with Crippen LogP contribution in [-0.2, 0) is 0 Å². The molecule has 5 heteroatoms. The number of nitrogens with zero attached hydrogens (tertiary/aromatic N) is 1. The SMILES string of the molecule is N#CCSc1ccccc1C(=O)Nc1ccccc1F. The highest BCUT2D eigenvalue weighted by molar-refractivity contribution is 7.99. The van der Waals surface area contributed by atoms with Crippen LogP contribution in [0.15, 0.2) is 53.4 Å². The summed E-state index contributed by atoms with van der Waals surface area (Å²) < 4.78 is 13.5. The van der Waals surface area contributed by atoms with Crippen molar-refractivity contribution in [2.24, 2.45) is 0 Å². The van der Waals surface area contributed by atoms with Gasteiger partial charge in [-0.2, -0.15) is 5.26 Å². The summed E-state index contributed by atoms with van der Waals surface area (Å²) in [5, 5.41) is 11.1. The van der Waals surface area contributed by atoms with Gasteiger partial charge in [-0.25, -0.2) is 4.39 Å². The predicted octanol–water partition coefficient (Wildman–Crippen LogP) is 3.69. The van der Waals surface area contributed by atoms with E-state index >= 15 is 0 Å². The second kappa shape index (κ2) is 6.73. The Balaban J connectivity index is 2.22. The molecule has 3 nitrogen and oxygen atoms in total. The fourth-order valence-electron chi connectivity index (χ4n) is 1.64. The van der Waals surface area contributed by atoms with Gasteiger partial charge in [-0.05, 0) is 24.3 Å². The van der Waals surface area contributed by atoms with Crippen LogP contribution in [0.1, 0.15) is 10.4 Å². The number of rotatable bonds is 4. The van der Waals surface area contributed by atoms with Crippen molar-refractivity contribution in [3.05, 3.63) is 59.9 Å². The van der Waals surface area contributed by atoms with Crippen LogP contribution >= 0.6 is 11.8 Å². The zero-order valence-electron chi connectivity index (χ0n) is 10.5. The number of anilines is 1. The van der Waals surface area contributed by atoms with Gasteiger partial charge >= 0.3 is 0 Å². The second-order valence-electron chi connectivity index (χ2n) is 3.88. The molecule has 0 heterocycles. The molecule has 0 aliphatic carbocycles. The molecule has 0 spiro atoms. The third-order valence-electron chi connectivity index (χ3n) is 2.55. The summed E-state index contributed by atoms with van der Waals surface area (Å²) >= 11 is 1.27. The average Bonchev–Trinajstić information content (AvgIpc) is 2.47. The van der Waals surface area contributed by atoms with Crippen LogP contribution in [0.5, 0.6) is 0 Å². The van der Waals surface area contributed by atoms with Crippen LogP contribution in [0, 0.1) is 17.1 Å². The van der Waals surface area contributed by atoms with Gasteiger partial charge in [0.2, 0.25) is 0 Å². The molecule has 2 aromatic carbocycles. The van der Waals surface area contributed by atoms with Gasteiger partial charge in [-0.3, -0.25) is 4.79 Å². The number of benzene rings is 2. The number of hydrogen-bond acceptors (Lipinski definition) is 3. The zero-order chi connectivity index (χ0) is 14.4. The number of thioether (sulfide) groups is 1. The first-order valence-electron chi connectivity index (χ1n) is 5.87. The lowest BCUT2D eigenvalue weighted by atomic mass is 10.2. The molecule has 0 fully saturated rings. The minimum Gasteiger partial charge on any atom is -0.319 e. The molecule has 0 aliphatic heterocycles. The van der Waals surface area contributed by atoms with Gasteiger partial charge in [0.25, 0.3) is 5.91 Å². The summed E-state index contributed by atoms with van der Waals surface area (Å²) in [4.78, 5) is 12.9. The molecule has 0 radical (unpaired) electrons. The van der Waals surface area contributed by atoms with E-state index in [1.54, 1.807) is 36.4 Å². The van der Waals surface area contributed by atoms with Gasteiger partial charge < -0.3 is 5.32 Å². The highest BCUT2D eigenvalue weighted by Gasteiger charge is 2.12. The van der Waals surface area contributed by atoms with Crippen LogP contribution in [0.3, 0.4) is 0 Å². The third-order valence-corrected chi connectivity index (χ3v) is 3.49. The quantitative estimate of drug-likeness (QED) is 0.872. The number of carbonyl (C=O) groups excluding carboxylic acids is 1. The van der Waals surface area contributed by atoms with Crippen molar-refractivity contribution in [2.75, 3.05) is 11.1 Å². The predicted molar refractivity (Wildman–Crippen MR) is 77.1 cm³/mol. The van der Waals surface area contributed by atoms with E-state index in [-0.39, 0.29) is 11.4 Å². The number of carbonyl (C=O) groups is 1. The van der Waals surface area contributed by atoms with Gasteiger partial charge in [0.15, 0.2) is 0 Å². The minimum atomic E-state index is -0.483. The summed E-state index contributed by atoms with van der Waals surface area (Å²) in [6.07, 6.45) is 0. The Hall–Kier alpha value is -2.32. The summed E-state index contributed by atoms with van der Waals surface area (Å²) in [6.45, 7) is 0. The van der Waals surface area contributed by atoms with E-state index in [1.165, 1.54) is 23.9 Å². The van der Waals surface area contributed by atoms with Crippen molar-refractivity contribution >= 4 is 23.4 Å². The molecule has 1 amide bonds. The zero-order valence-corrected chi connectivity index (χ0v) is 11.3.